The van der Waals surface area contributed by atoms with E-state index in [1.165, 1.54) is 44.1 Å². The summed E-state index contributed by atoms with van der Waals surface area (Å²) in [4.78, 5) is 2.37. The van der Waals surface area contributed by atoms with E-state index in [4.69, 9.17) is 4.42 Å². The molecule has 0 unspecified atom stereocenters. The third kappa shape index (κ3) is 5.60. The summed E-state index contributed by atoms with van der Waals surface area (Å²) in [6.07, 6.45) is 0. The normalized spacial score (nSPS) is 11.5. The van der Waals surface area contributed by atoms with Crippen LogP contribution in [-0.2, 0) is 0 Å². The molecule has 2 heterocycles. The van der Waals surface area contributed by atoms with Gasteiger partial charge in [-0.2, -0.15) is 0 Å². The number of aromatic nitrogens is 1. The molecule has 0 aliphatic heterocycles. The van der Waals surface area contributed by atoms with Gasteiger partial charge in [0.25, 0.3) is 0 Å². The highest BCUT2D eigenvalue weighted by Gasteiger charge is 2.20. The largest absolute Gasteiger partial charge is 0.456 e. The molecular formula is C54H36N2O. The topological polar surface area (TPSA) is 21.3 Å². The van der Waals surface area contributed by atoms with Crippen LogP contribution >= 0.6 is 0 Å². The van der Waals surface area contributed by atoms with E-state index in [2.05, 4.69) is 216 Å². The first-order valence-corrected chi connectivity index (χ1v) is 19.4. The van der Waals surface area contributed by atoms with Gasteiger partial charge >= 0.3 is 0 Å². The molecule has 0 saturated carbocycles. The molecule has 57 heavy (non-hydrogen) atoms. The monoisotopic (exact) mass is 728 g/mol. The van der Waals surface area contributed by atoms with Gasteiger partial charge in [-0.15, -0.1) is 0 Å². The molecule has 11 rings (SSSR count). The van der Waals surface area contributed by atoms with Crippen molar-refractivity contribution in [2.24, 2.45) is 0 Å². The van der Waals surface area contributed by atoms with E-state index in [0.29, 0.717) is 0 Å². The van der Waals surface area contributed by atoms with Gasteiger partial charge in [0.05, 0.1) is 22.4 Å². The van der Waals surface area contributed by atoms with Gasteiger partial charge in [0.2, 0.25) is 0 Å². The Kier molecular flexibility index (Phi) is 7.82. The van der Waals surface area contributed by atoms with Crippen LogP contribution in [0, 0.1) is 0 Å². The van der Waals surface area contributed by atoms with Gasteiger partial charge < -0.3 is 13.9 Å². The molecule has 3 nitrogen and oxygen atoms in total. The summed E-state index contributed by atoms with van der Waals surface area (Å²) < 4.78 is 8.65. The second-order valence-corrected chi connectivity index (χ2v) is 14.5. The average molecular weight is 729 g/mol. The Hall–Kier alpha value is -7.62. The Bertz CT molecular complexity index is 3190. The molecule has 0 radical (unpaired) electrons. The summed E-state index contributed by atoms with van der Waals surface area (Å²) >= 11 is 0. The second-order valence-electron chi connectivity index (χ2n) is 14.5. The van der Waals surface area contributed by atoms with Gasteiger partial charge in [0, 0.05) is 44.0 Å². The molecule has 268 valence electrons. The zero-order valence-corrected chi connectivity index (χ0v) is 31.1. The maximum Gasteiger partial charge on any atom is 0.135 e. The quantitative estimate of drug-likeness (QED) is 0.163. The Balaban J connectivity index is 1.02. The van der Waals surface area contributed by atoms with Crippen LogP contribution in [0.4, 0.5) is 17.1 Å². The maximum absolute atomic E-state index is 6.24. The summed E-state index contributed by atoms with van der Waals surface area (Å²) in [7, 11) is 0. The first-order chi connectivity index (χ1) is 28.3. The highest BCUT2D eigenvalue weighted by Crippen LogP contribution is 2.44. The zero-order chi connectivity index (χ0) is 37.7. The predicted molar refractivity (Wildman–Crippen MR) is 239 cm³/mol. The van der Waals surface area contributed by atoms with Gasteiger partial charge in [-0.1, -0.05) is 152 Å². The molecule has 11 aromatic rings. The predicted octanol–water partition coefficient (Wildman–Crippen LogP) is 15.2. The first-order valence-electron chi connectivity index (χ1n) is 19.4. The third-order valence-electron chi connectivity index (χ3n) is 11.2. The number of fused-ring (bicyclic) bond motifs is 6. The van der Waals surface area contributed by atoms with Crippen LogP contribution in [0.25, 0.3) is 82.8 Å². The van der Waals surface area contributed by atoms with E-state index in [0.717, 1.165) is 55.8 Å². The molecule has 3 heteroatoms. The molecule has 0 fully saturated rings. The van der Waals surface area contributed by atoms with Crippen LogP contribution in [0.1, 0.15) is 0 Å². The van der Waals surface area contributed by atoms with Crippen molar-refractivity contribution in [2.75, 3.05) is 4.90 Å². The number of benzene rings is 9. The van der Waals surface area contributed by atoms with Gasteiger partial charge in [0.1, 0.15) is 11.2 Å². The standard InChI is InChI=1S/C54H36N2O/c1-2-15-38(16-3-1)43-19-4-9-24-49(43)55(42-33-34-54-48(36-42)47-23-8-13-28-53(47)57-54)41-31-29-37(30-32-41)39-17-14-18-40(35-39)44-20-5-10-25-50(44)56-51-26-11-6-21-45(51)46-22-7-12-27-52(46)56/h1-36H. The van der Waals surface area contributed by atoms with E-state index in [9.17, 15) is 0 Å². The van der Waals surface area contributed by atoms with Gasteiger partial charge in [-0.3, -0.25) is 0 Å². The van der Waals surface area contributed by atoms with Crippen molar-refractivity contribution < 1.29 is 4.42 Å². The van der Waals surface area contributed by atoms with E-state index < -0.39 is 0 Å². The van der Waals surface area contributed by atoms with Crippen molar-refractivity contribution >= 4 is 60.8 Å². The number of rotatable bonds is 7. The lowest BCUT2D eigenvalue weighted by Crippen LogP contribution is -2.11. The minimum absolute atomic E-state index is 0.881. The van der Waals surface area contributed by atoms with E-state index in [1.807, 2.05) is 12.1 Å². The second kappa shape index (κ2) is 13.6. The molecular weight excluding hydrogens is 693 g/mol. The van der Waals surface area contributed by atoms with Crippen LogP contribution in [0.5, 0.6) is 0 Å². The lowest BCUT2D eigenvalue weighted by atomic mass is 9.97. The SMILES string of the molecule is c1ccc(-c2ccccc2N(c2ccc(-c3cccc(-c4ccccc4-n4c5ccccc5c5ccccc54)c3)cc2)c2ccc3oc4ccccc4c3c2)cc1. The van der Waals surface area contributed by atoms with E-state index in [-0.39, 0.29) is 0 Å². The molecule has 9 aromatic carbocycles. The Morgan fingerprint density at radius 3 is 1.70 bits per heavy atom. The van der Waals surface area contributed by atoms with Crippen LogP contribution in [-0.4, -0.2) is 4.57 Å². The van der Waals surface area contributed by atoms with Gasteiger partial charge in [-0.05, 0) is 89.0 Å². The highest BCUT2D eigenvalue weighted by atomic mass is 16.3. The number of hydrogen-bond acceptors (Lipinski definition) is 2. The molecule has 2 aromatic heterocycles. The minimum atomic E-state index is 0.881. The van der Waals surface area contributed by atoms with Crippen LogP contribution in [0.15, 0.2) is 223 Å². The number of hydrogen-bond donors (Lipinski definition) is 0. The third-order valence-corrected chi connectivity index (χ3v) is 11.2. The Morgan fingerprint density at radius 2 is 0.912 bits per heavy atom. The average Bonchev–Trinajstić information content (AvgIpc) is 3.83. The maximum atomic E-state index is 6.24. The fourth-order valence-corrected chi connectivity index (χ4v) is 8.57. The summed E-state index contributed by atoms with van der Waals surface area (Å²) in [6, 6.07) is 78.2. The summed E-state index contributed by atoms with van der Waals surface area (Å²) in [6.45, 7) is 0. The van der Waals surface area contributed by atoms with Crippen molar-refractivity contribution in [3.8, 4) is 39.1 Å². The van der Waals surface area contributed by atoms with E-state index >= 15 is 0 Å². The molecule has 0 spiro atoms. The van der Waals surface area contributed by atoms with Crippen molar-refractivity contribution in [1.29, 1.82) is 0 Å². The summed E-state index contributed by atoms with van der Waals surface area (Å²) in [5.74, 6) is 0. The summed E-state index contributed by atoms with van der Waals surface area (Å²) in [5, 5.41) is 4.73. The highest BCUT2D eigenvalue weighted by molar-refractivity contribution is 6.10. The number of para-hydroxylation sites is 5. The van der Waals surface area contributed by atoms with E-state index in [1.54, 1.807) is 0 Å². The smallest absolute Gasteiger partial charge is 0.135 e. The molecule has 0 aliphatic rings. The Labute approximate surface area is 330 Å². The molecule has 0 bridgehead atoms. The number of furan rings is 1. The van der Waals surface area contributed by atoms with Crippen LogP contribution in [0.2, 0.25) is 0 Å². The van der Waals surface area contributed by atoms with Crippen molar-refractivity contribution in [1.82, 2.24) is 4.57 Å². The molecule has 0 N–H and O–H groups in total. The molecule has 0 saturated heterocycles. The lowest BCUT2D eigenvalue weighted by Gasteiger charge is -2.28. The number of nitrogens with zero attached hydrogens (tertiary/aromatic N) is 2. The van der Waals surface area contributed by atoms with Crippen LogP contribution in [0.3, 0.4) is 0 Å². The van der Waals surface area contributed by atoms with Crippen molar-refractivity contribution in [2.45, 2.75) is 0 Å². The van der Waals surface area contributed by atoms with Crippen molar-refractivity contribution in [3.05, 3.63) is 218 Å². The van der Waals surface area contributed by atoms with Gasteiger partial charge in [-0.25, -0.2) is 0 Å². The number of anilines is 3. The lowest BCUT2D eigenvalue weighted by molar-refractivity contribution is 0.669. The Morgan fingerprint density at radius 1 is 0.333 bits per heavy atom. The fraction of sp³-hybridized carbons (Fsp3) is 0. The van der Waals surface area contributed by atoms with Crippen molar-refractivity contribution in [3.63, 3.8) is 0 Å². The molecule has 0 aliphatic carbocycles. The first kappa shape index (κ1) is 32.8. The molecule has 0 amide bonds. The zero-order valence-electron chi connectivity index (χ0n) is 31.1. The summed E-state index contributed by atoms with van der Waals surface area (Å²) in [5.41, 5.74) is 15.6. The van der Waals surface area contributed by atoms with Gasteiger partial charge in [0.15, 0.2) is 0 Å². The van der Waals surface area contributed by atoms with Crippen LogP contribution < -0.4 is 4.90 Å². The molecule has 0 atom stereocenters. The minimum Gasteiger partial charge on any atom is -0.456 e. The fourth-order valence-electron chi connectivity index (χ4n) is 8.57.